The summed E-state index contributed by atoms with van der Waals surface area (Å²) in [6, 6.07) is 12.2. The van der Waals surface area contributed by atoms with Gasteiger partial charge in [-0.05, 0) is 32.4 Å². The maximum absolute atomic E-state index is 12.9. The van der Waals surface area contributed by atoms with Gasteiger partial charge in [0, 0.05) is 55.3 Å². The van der Waals surface area contributed by atoms with E-state index in [0.29, 0.717) is 87.2 Å². The molecule has 2 aromatic rings. The summed E-state index contributed by atoms with van der Waals surface area (Å²) >= 11 is 0. The first-order valence-electron chi connectivity index (χ1n) is 15.2. The van der Waals surface area contributed by atoms with E-state index in [2.05, 4.69) is 16.4 Å². The maximum atomic E-state index is 12.9. The summed E-state index contributed by atoms with van der Waals surface area (Å²) in [5.41, 5.74) is 12.2. The largest absolute Gasteiger partial charge is 0.480 e. The quantitative estimate of drug-likeness (QED) is 0.0899. The summed E-state index contributed by atoms with van der Waals surface area (Å²) < 4.78 is 21.1. The third-order valence-corrected chi connectivity index (χ3v) is 6.05. The van der Waals surface area contributed by atoms with Gasteiger partial charge in [0.05, 0.1) is 51.7 Å². The second-order valence-corrected chi connectivity index (χ2v) is 9.56. The Morgan fingerprint density at radius 2 is 1.26 bits per heavy atom. The van der Waals surface area contributed by atoms with E-state index < -0.39 is 11.9 Å². The molecule has 2 aromatic carbocycles. The van der Waals surface area contributed by atoms with Gasteiger partial charge in [-0.2, -0.15) is 0 Å². The lowest BCUT2D eigenvalue weighted by atomic mass is 9.83. The van der Waals surface area contributed by atoms with Crippen molar-refractivity contribution in [3.63, 3.8) is 0 Å². The topological polar surface area (TPSA) is 222 Å². The van der Waals surface area contributed by atoms with Crippen LogP contribution < -0.4 is 22.1 Å². The van der Waals surface area contributed by atoms with E-state index in [4.69, 9.17) is 34.9 Å². The van der Waals surface area contributed by atoms with Crippen molar-refractivity contribution in [3.05, 3.63) is 64.7 Å². The molecular formula is C32H48N4O10. The van der Waals surface area contributed by atoms with Crippen LogP contribution in [0.3, 0.4) is 0 Å². The number of hydrogen-bond acceptors (Lipinski definition) is 12. The fraction of sp³-hybridized carbons (Fsp3) is 0.500. The van der Waals surface area contributed by atoms with Gasteiger partial charge in [0.1, 0.15) is 0 Å². The van der Waals surface area contributed by atoms with Crippen molar-refractivity contribution in [2.45, 2.75) is 19.8 Å². The van der Waals surface area contributed by atoms with E-state index in [1.165, 1.54) is 0 Å². The molecule has 0 amide bonds. The number of fused-ring (bicyclic) bond motifs is 2. The SMILES string of the molecule is CCOCCOCCCN.NCC(=O)O.O=C(O)CNCCOCCOCCCNc1cccc2c1C(=O)c1ccccc1C2=O. The maximum Gasteiger partial charge on any atom is 0.317 e. The zero-order chi connectivity index (χ0) is 34.0. The lowest BCUT2D eigenvalue weighted by Crippen LogP contribution is -2.26. The normalized spacial score (nSPS) is 11.4. The van der Waals surface area contributed by atoms with Gasteiger partial charge in [0.15, 0.2) is 11.6 Å². The molecule has 14 nitrogen and oxygen atoms in total. The van der Waals surface area contributed by atoms with Crippen molar-refractivity contribution in [1.29, 1.82) is 0 Å². The van der Waals surface area contributed by atoms with Gasteiger partial charge in [-0.25, -0.2) is 0 Å². The molecule has 14 heteroatoms. The van der Waals surface area contributed by atoms with Gasteiger partial charge >= 0.3 is 11.9 Å². The number of carboxylic acids is 2. The number of carbonyl (C=O) groups is 4. The van der Waals surface area contributed by atoms with Crippen molar-refractivity contribution in [3.8, 4) is 0 Å². The van der Waals surface area contributed by atoms with Crippen molar-refractivity contribution in [1.82, 2.24) is 5.32 Å². The number of anilines is 1. The number of ketones is 2. The molecule has 46 heavy (non-hydrogen) atoms. The highest BCUT2D eigenvalue weighted by Crippen LogP contribution is 2.31. The van der Waals surface area contributed by atoms with Crippen LogP contribution in [0.15, 0.2) is 42.5 Å². The Balaban J connectivity index is 0.000000586. The van der Waals surface area contributed by atoms with Gasteiger partial charge in [-0.1, -0.05) is 36.4 Å². The molecule has 0 heterocycles. The molecule has 0 saturated heterocycles. The minimum Gasteiger partial charge on any atom is -0.480 e. The Hall–Kier alpha value is -3.76. The number of hydrogen-bond donors (Lipinski definition) is 6. The number of carbonyl (C=O) groups excluding carboxylic acids is 2. The summed E-state index contributed by atoms with van der Waals surface area (Å²) in [5, 5.41) is 22.1. The molecule has 0 spiro atoms. The molecule has 8 N–H and O–H groups in total. The number of ether oxygens (including phenoxy) is 4. The molecule has 0 fully saturated rings. The van der Waals surface area contributed by atoms with E-state index in [0.717, 1.165) is 26.1 Å². The Morgan fingerprint density at radius 3 is 1.85 bits per heavy atom. The monoisotopic (exact) mass is 648 g/mol. The van der Waals surface area contributed by atoms with Gasteiger partial charge in [-0.15, -0.1) is 0 Å². The van der Waals surface area contributed by atoms with E-state index in [1.807, 2.05) is 13.0 Å². The zero-order valence-electron chi connectivity index (χ0n) is 26.5. The summed E-state index contributed by atoms with van der Waals surface area (Å²) in [7, 11) is 0. The highest BCUT2D eigenvalue weighted by Gasteiger charge is 2.31. The van der Waals surface area contributed by atoms with Crippen molar-refractivity contribution in [2.24, 2.45) is 11.5 Å². The van der Waals surface area contributed by atoms with Gasteiger partial charge in [0.25, 0.3) is 0 Å². The van der Waals surface area contributed by atoms with E-state index in [-0.39, 0.29) is 24.7 Å². The summed E-state index contributed by atoms with van der Waals surface area (Å²) in [5.74, 6) is -2.13. The number of nitrogens with one attached hydrogen (secondary N) is 2. The second-order valence-electron chi connectivity index (χ2n) is 9.56. The average molecular weight is 649 g/mol. The minimum absolute atomic E-state index is 0.0796. The summed E-state index contributed by atoms with van der Waals surface area (Å²) in [6.07, 6.45) is 1.66. The van der Waals surface area contributed by atoms with E-state index in [9.17, 15) is 19.2 Å². The lowest BCUT2D eigenvalue weighted by Gasteiger charge is -2.20. The number of nitrogens with two attached hydrogens (primary N) is 2. The van der Waals surface area contributed by atoms with Crippen LogP contribution in [-0.2, 0) is 28.5 Å². The second kappa shape index (κ2) is 25.4. The van der Waals surface area contributed by atoms with E-state index >= 15 is 0 Å². The molecule has 0 atom stereocenters. The standard InChI is InChI=1S/C23H26N2O6.C7H17NO2.C2H5NO2/c26-20(27)15-24-10-12-31-14-13-30-11-4-9-25-19-8-3-7-18-21(19)23(29)17-6-2-1-5-16(17)22(18)28;1-2-9-6-7-10-5-3-4-8;3-1-2(4)5/h1-3,5-8,24-25H,4,9-15H2,(H,26,27);2-8H2,1H3;1,3H2,(H,4,5). The fourth-order valence-corrected chi connectivity index (χ4v) is 3.90. The highest BCUT2D eigenvalue weighted by atomic mass is 16.5. The molecule has 1 aliphatic rings. The average Bonchev–Trinajstić information content (AvgIpc) is 3.06. The van der Waals surface area contributed by atoms with Gasteiger partial charge in [0.2, 0.25) is 0 Å². The highest BCUT2D eigenvalue weighted by molar-refractivity contribution is 6.30. The van der Waals surface area contributed by atoms with Gasteiger partial charge < -0.3 is 51.3 Å². The first kappa shape index (κ1) is 40.3. The third-order valence-electron chi connectivity index (χ3n) is 6.05. The Morgan fingerprint density at radius 1 is 0.696 bits per heavy atom. The van der Waals surface area contributed by atoms with Crippen molar-refractivity contribution >= 4 is 29.2 Å². The molecular weight excluding hydrogens is 600 g/mol. The Bertz CT molecular complexity index is 1190. The molecule has 0 unspecified atom stereocenters. The number of aliphatic carboxylic acids is 2. The van der Waals surface area contributed by atoms with Crippen LogP contribution in [-0.4, -0.2) is 119 Å². The molecule has 1 aliphatic carbocycles. The van der Waals surface area contributed by atoms with Crippen LogP contribution in [0.4, 0.5) is 5.69 Å². The predicted octanol–water partition coefficient (Wildman–Crippen LogP) is 1.39. The van der Waals surface area contributed by atoms with Gasteiger partial charge in [-0.3, -0.25) is 19.2 Å². The van der Waals surface area contributed by atoms with E-state index in [1.54, 1.807) is 36.4 Å². The minimum atomic E-state index is -0.968. The summed E-state index contributed by atoms with van der Waals surface area (Å²) in [4.78, 5) is 45.3. The Labute approximate surface area is 269 Å². The molecule has 0 radical (unpaired) electrons. The fourth-order valence-electron chi connectivity index (χ4n) is 3.90. The van der Waals surface area contributed by atoms with Crippen LogP contribution >= 0.6 is 0 Å². The molecule has 3 rings (SSSR count). The molecule has 256 valence electrons. The zero-order valence-corrected chi connectivity index (χ0v) is 26.5. The number of carboxylic acid groups (broad SMARTS) is 2. The van der Waals surface area contributed by atoms with Crippen molar-refractivity contribution in [2.75, 3.05) is 90.9 Å². The van der Waals surface area contributed by atoms with Crippen molar-refractivity contribution < 1.29 is 48.3 Å². The number of benzene rings is 2. The molecule has 0 aromatic heterocycles. The summed E-state index contributed by atoms with van der Waals surface area (Å²) in [6.45, 7) is 8.12. The predicted molar refractivity (Wildman–Crippen MR) is 173 cm³/mol. The smallest absolute Gasteiger partial charge is 0.317 e. The Kier molecular flexibility index (Phi) is 22.3. The molecule has 0 aliphatic heterocycles. The van der Waals surface area contributed by atoms with Crippen LogP contribution in [0, 0.1) is 0 Å². The molecule has 0 bridgehead atoms. The lowest BCUT2D eigenvalue weighted by molar-refractivity contribution is -0.136. The third kappa shape index (κ3) is 16.5. The first-order valence-corrected chi connectivity index (χ1v) is 15.2. The number of rotatable bonds is 21. The van der Waals surface area contributed by atoms with Crippen LogP contribution in [0.5, 0.6) is 0 Å². The molecule has 0 saturated carbocycles. The van der Waals surface area contributed by atoms with Crippen LogP contribution in [0.25, 0.3) is 0 Å². The van der Waals surface area contributed by atoms with Crippen LogP contribution in [0.2, 0.25) is 0 Å². The van der Waals surface area contributed by atoms with Crippen LogP contribution in [0.1, 0.15) is 51.6 Å². The first-order chi connectivity index (χ1) is 22.3.